The van der Waals surface area contributed by atoms with E-state index in [1.807, 2.05) is 4.90 Å². The zero-order valence-corrected chi connectivity index (χ0v) is 30.6. The van der Waals surface area contributed by atoms with Crippen molar-refractivity contribution >= 4 is 27.9 Å². The molecule has 17 heteroatoms. The van der Waals surface area contributed by atoms with Crippen molar-refractivity contribution in [3.63, 3.8) is 0 Å². The maximum Gasteiger partial charge on any atom is 0.351 e. The number of carbonyl (C=O) groups is 3. The van der Waals surface area contributed by atoms with Crippen LogP contribution in [0.3, 0.4) is 0 Å². The highest BCUT2D eigenvalue weighted by Crippen LogP contribution is 2.31. The molecule has 0 spiro atoms. The van der Waals surface area contributed by atoms with Gasteiger partial charge in [-0.1, -0.05) is 68.5 Å². The molecule has 2 saturated heterocycles. The summed E-state index contributed by atoms with van der Waals surface area (Å²) in [7, 11) is -4.10. The second kappa shape index (κ2) is 20.4. The molecular formula is C35H55F2N7O7S. The fourth-order valence-electron chi connectivity index (χ4n) is 6.84. The Morgan fingerprint density at radius 2 is 1.65 bits per heavy atom. The van der Waals surface area contributed by atoms with Crippen LogP contribution in [0.2, 0.25) is 0 Å². The minimum absolute atomic E-state index is 0.000562. The van der Waals surface area contributed by atoms with Gasteiger partial charge in [-0.05, 0) is 30.7 Å². The summed E-state index contributed by atoms with van der Waals surface area (Å²) in [6.07, 6.45) is 2.84. The van der Waals surface area contributed by atoms with Gasteiger partial charge < -0.3 is 31.1 Å². The number of morpholine rings is 1. The number of hydrogen-bond donors (Lipinski definition) is 6. The highest BCUT2D eigenvalue weighted by molar-refractivity contribution is 7.87. The number of rotatable bonds is 19. The van der Waals surface area contributed by atoms with Crippen LogP contribution >= 0.6 is 0 Å². The van der Waals surface area contributed by atoms with Crippen LogP contribution < -0.4 is 26.0 Å². The van der Waals surface area contributed by atoms with Crippen LogP contribution in [-0.4, -0.2) is 136 Å². The smallest absolute Gasteiger partial charge is 0.351 e. The quantitative estimate of drug-likeness (QED) is 0.108. The van der Waals surface area contributed by atoms with Gasteiger partial charge in [0.25, 0.3) is 16.1 Å². The summed E-state index contributed by atoms with van der Waals surface area (Å²) in [4.78, 5) is 42.3. The number of nitrogens with one attached hydrogen (secondary N) is 5. The van der Waals surface area contributed by atoms with E-state index in [0.717, 1.165) is 32.1 Å². The van der Waals surface area contributed by atoms with Gasteiger partial charge in [-0.3, -0.25) is 19.3 Å². The molecule has 1 unspecified atom stereocenters. The number of aliphatic hydroxyl groups is 1. The number of ether oxygens (including phenoxy) is 1. The lowest BCUT2D eigenvalue weighted by atomic mass is 9.82. The van der Waals surface area contributed by atoms with E-state index in [4.69, 9.17) is 4.74 Å². The van der Waals surface area contributed by atoms with E-state index in [9.17, 15) is 27.9 Å². The third-order valence-corrected chi connectivity index (χ3v) is 11.5. The lowest BCUT2D eigenvalue weighted by Crippen LogP contribution is -2.61. The Morgan fingerprint density at radius 1 is 1.00 bits per heavy atom. The van der Waals surface area contributed by atoms with Crippen molar-refractivity contribution in [3.8, 4) is 0 Å². The highest BCUT2D eigenvalue weighted by Gasteiger charge is 2.51. The van der Waals surface area contributed by atoms with E-state index in [1.165, 1.54) is 10.4 Å². The number of benzene rings is 1. The lowest BCUT2D eigenvalue weighted by molar-refractivity contribution is -0.168. The van der Waals surface area contributed by atoms with Crippen molar-refractivity contribution in [1.29, 1.82) is 0 Å². The molecule has 1 aromatic rings. The monoisotopic (exact) mass is 755 g/mol. The molecule has 0 radical (unpaired) electrons. The van der Waals surface area contributed by atoms with Crippen LogP contribution in [0.1, 0.15) is 50.5 Å². The van der Waals surface area contributed by atoms with Crippen LogP contribution in [0.5, 0.6) is 0 Å². The molecule has 14 nitrogen and oxygen atoms in total. The zero-order chi connectivity index (χ0) is 37.6. The Morgan fingerprint density at radius 3 is 2.31 bits per heavy atom. The molecule has 52 heavy (non-hydrogen) atoms. The average Bonchev–Trinajstić information content (AvgIpc) is 3.15. The summed E-state index contributed by atoms with van der Waals surface area (Å²) >= 11 is 0. The van der Waals surface area contributed by atoms with Gasteiger partial charge >= 0.3 is 5.92 Å². The summed E-state index contributed by atoms with van der Waals surface area (Å²) in [5.41, 5.74) is 0.663. The van der Waals surface area contributed by atoms with Crippen molar-refractivity contribution in [2.75, 3.05) is 65.6 Å². The Balaban J connectivity index is 1.48. The second-order valence-corrected chi connectivity index (χ2v) is 15.4. The summed E-state index contributed by atoms with van der Waals surface area (Å²) in [5, 5.41) is 21.5. The SMILES string of the molecule is C=CC[C@H](NC(=O)[C@H](Cc1ccccc1)NS(=O)(=O)N1CCNCC1)C(=O)N[C@@H](CC1CCCCC1)C(O)C(F)(F)C(=O)NCCN1CCOCC1. The van der Waals surface area contributed by atoms with E-state index in [0.29, 0.717) is 51.5 Å². The van der Waals surface area contributed by atoms with E-state index >= 15 is 8.78 Å². The van der Waals surface area contributed by atoms with Gasteiger partial charge in [0.15, 0.2) is 0 Å². The number of alkyl halides is 2. The molecule has 3 amide bonds. The predicted molar refractivity (Wildman–Crippen MR) is 192 cm³/mol. The topological polar surface area (TPSA) is 181 Å². The molecule has 4 atom stereocenters. The summed E-state index contributed by atoms with van der Waals surface area (Å²) < 4.78 is 66.9. The maximum absolute atomic E-state index is 15.6. The van der Waals surface area contributed by atoms with Gasteiger partial charge in [0.1, 0.15) is 18.2 Å². The van der Waals surface area contributed by atoms with Crippen LogP contribution in [0.15, 0.2) is 43.0 Å². The largest absolute Gasteiger partial charge is 0.384 e. The van der Waals surface area contributed by atoms with Crippen molar-refractivity contribution in [3.05, 3.63) is 48.6 Å². The minimum Gasteiger partial charge on any atom is -0.384 e. The van der Waals surface area contributed by atoms with Gasteiger partial charge in [0.2, 0.25) is 11.8 Å². The number of piperazine rings is 1. The molecule has 1 aliphatic carbocycles. The Hall–Kier alpha value is -3.06. The molecular weight excluding hydrogens is 700 g/mol. The van der Waals surface area contributed by atoms with Crippen LogP contribution in [0, 0.1) is 5.92 Å². The van der Waals surface area contributed by atoms with E-state index in [2.05, 4.69) is 32.6 Å². The number of nitrogens with zero attached hydrogens (tertiary/aromatic N) is 2. The fourth-order valence-corrected chi connectivity index (χ4v) is 8.20. The molecule has 1 saturated carbocycles. The third-order valence-electron chi connectivity index (χ3n) is 9.85. The lowest BCUT2D eigenvalue weighted by Gasteiger charge is -2.34. The Labute approximate surface area is 305 Å². The number of carbonyl (C=O) groups excluding carboxylic acids is 3. The molecule has 292 valence electrons. The van der Waals surface area contributed by atoms with Crippen LogP contribution in [0.4, 0.5) is 8.78 Å². The Kier molecular flexibility index (Phi) is 16.4. The van der Waals surface area contributed by atoms with Gasteiger partial charge in [0.05, 0.1) is 19.3 Å². The zero-order valence-electron chi connectivity index (χ0n) is 29.7. The summed E-state index contributed by atoms with van der Waals surface area (Å²) in [6, 6.07) is 4.58. The molecule has 2 aliphatic heterocycles. The maximum atomic E-state index is 15.6. The van der Waals surface area contributed by atoms with Gasteiger partial charge in [0, 0.05) is 52.4 Å². The predicted octanol–water partition coefficient (Wildman–Crippen LogP) is 0.298. The van der Waals surface area contributed by atoms with Crippen molar-refractivity contribution in [1.82, 2.24) is 35.2 Å². The Bertz CT molecular complexity index is 1410. The van der Waals surface area contributed by atoms with E-state index in [1.54, 1.807) is 30.3 Å². The standard InChI is InChI=1S/C35H55F2N7O7S/c1-2-9-28(40-33(47)30(25-27-12-7-4-8-13-27)42-52(49,50)44-18-14-38-15-19-44)32(46)41-29(24-26-10-5-3-6-11-26)31(45)35(36,37)34(48)39-16-17-43-20-22-51-23-21-43/h2,4,7-8,12-13,26,28-31,38,42,45H,1,3,5-6,9-11,14-25H2,(H,39,48)(H,40,47)(H,41,46)/t28-,29-,30-,31?/m0/s1. The first kappa shape index (κ1) is 41.7. The van der Waals surface area contributed by atoms with E-state index in [-0.39, 0.29) is 44.8 Å². The first-order chi connectivity index (χ1) is 24.9. The summed E-state index contributed by atoms with van der Waals surface area (Å²) in [5.74, 6) is -7.64. The number of aliphatic hydroxyl groups excluding tert-OH is 1. The van der Waals surface area contributed by atoms with Crippen LogP contribution in [0.25, 0.3) is 0 Å². The molecule has 0 bridgehead atoms. The van der Waals surface area contributed by atoms with Crippen molar-refractivity contribution in [2.45, 2.75) is 81.5 Å². The van der Waals surface area contributed by atoms with Gasteiger partial charge in [-0.25, -0.2) is 0 Å². The average molecular weight is 756 g/mol. The first-order valence-electron chi connectivity index (χ1n) is 18.3. The van der Waals surface area contributed by atoms with Crippen molar-refractivity contribution in [2.24, 2.45) is 5.92 Å². The third kappa shape index (κ3) is 12.5. The molecule has 4 rings (SSSR count). The first-order valence-corrected chi connectivity index (χ1v) is 19.7. The summed E-state index contributed by atoms with van der Waals surface area (Å²) in [6.45, 7) is 7.50. The molecule has 3 aliphatic rings. The fraction of sp³-hybridized carbons (Fsp3) is 0.686. The molecule has 6 N–H and O–H groups in total. The number of halogens is 2. The molecule has 0 aromatic heterocycles. The van der Waals surface area contributed by atoms with E-state index < -0.39 is 58.1 Å². The highest BCUT2D eigenvalue weighted by atomic mass is 32.2. The van der Waals surface area contributed by atoms with Gasteiger partial charge in [-0.15, -0.1) is 6.58 Å². The molecule has 3 fully saturated rings. The second-order valence-electron chi connectivity index (χ2n) is 13.7. The normalized spacial score (nSPS) is 20.6. The number of amides is 3. The number of hydrogen-bond acceptors (Lipinski definition) is 9. The molecule has 2 heterocycles. The minimum atomic E-state index is -4.24. The van der Waals surface area contributed by atoms with Crippen molar-refractivity contribution < 1.29 is 41.4 Å². The van der Waals surface area contributed by atoms with Crippen LogP contribution in [-0.2, 0) is 35.8 Å². The molecule has 1 aromatic carbocycles. The van der Waals surface area contributed by atoms with Gasteiger partial charge in [-0.2, -0.15) is 26.2 Å².